The molecule has 1 aromatic heterocycles. The van der Waals surface area contributed by atoms with Crippen LogP contribution in [-0.4, -0.2) is 164 Å². The first kappa shape index (κ1) is 82.1. The third-order valence-corrected chi connectivity index (χ3v) is 15.3. The molecule has 0 spiro atoms. The zero-order valence-corrected chi connectivity index (χ0v) is 56.8. The second-order valence-corrected chi connectivity index (χ2v) is 23.2. The number of hydrogen-bond acceptors (Lipinski definition) is 15. The van der Waals surface area contributed by atoms with E-state index in [1.54, 1.807) is 57.5 Å². The number of hydrogen-bond donors (Lipinski definition) is 3. The number of carbonyl (C=O) groups excluding carboxylic acids is 6. The molecule has 524 valence electrons. The highest BCUT2D eigenvalue weighted by atomic mass is 19.4. The van der Waals surface area contributed by atoms with E-state index in [0.29, 0.717) is 111 Å². The van der Waals surface area contributed by atoms with Crippen molar-refractivity contribution < 1.29 is 60.9 Å². The molecule has 0 aliphatic carbocycles. The van der Waals surface area contributed by atoms with Crippen molar-refractivity contribution in [3.8, 4) is 11.3 Å². The van der Waals surface area contributed by atoms with E-state index in [2.05, 4.69) is 71.7 Å². The smallest absolute Gasteiger partial charge is 0.416 e. The molecule has 96 heavy (non-hydrogen) atoms. The summed E-state index contributed by atoms with van der Waals surface area (Å²) in [6.45, 7) is 7.99. The number of rotatable bonds is 34. The normalized spacial score (nSPS) is 11.7. The number of benzene rings is 5. The maximum Gasteiger partial charge on any atom is 0.416 e. The van der Waals surface area contributed by atoms with Crippen LogP contribution in [0.25, 0.3) is 11.3 Å². The summed E-state index contributed by atoms with van der Waals surface area (Å²) in [6.07, 6.45) is 5.97. The summed E-state index contributed by atoms with van der Waals surface area (Å²) in [5, 5.41) is 8.66. The number of pyridine rings is 1. The molecule has 1 fully saturated rings. The lowest BCUT2D eigenvalue weighted by Crippen LogP contribution is -2.29. The SMILES string of the molecule is C.CNCCC(=O)CCCOC.COC(=O)CCN(C)Cc1ccccc1.COCCCC(=O)CCN(C)Cc1ccccc1.COCCCC(=O)N(C)Cc1cccc(C(=O)Nc2ccc(N3CCCCC3)cc2-c2cc(C(=O)NCc3cccc(C(F)(F)F)c3)ccn2)c1. The van der Waals surface area contributed by atoms with E-state index in [0.717, 1.165) is 101 Å². The fraction of sp³-hybridized carbons (Fsp3) is 0.453. The molecule has 7 rings (SSSR count). The Bertz CT molecular complexity index is 3230. The molecule has 1 saturated heterocycles. The van der Waals surface area contributed by atoms with Crippen molar-refractivity contribution >= 4 is 46.6 Å². The van der Waals surface area contributed by atoms with Gasteiger partial charge in [0, 0.05) is 168 Å². The van der Waals surface area contributed by atoms with E-state index < -0.39 is 17.6 Å². The van der Waals surface area contributed by atoms with E-state index in [4.69, 9.17) is 14.2 Å². The van der Waals surface area contributed by atoms with E-state index in [1.165, 1.54) is 42.6 Å². The minimum absolute atomic E-state index is 0. The number of methoxy groups -OCH3 is 4. The number of halogens is 3. The molecule has 0 bridgehead atoms. The molecule has 3 N–H and O–H groups in total. The number of nitrogens with zero attached hydrogens (tertiary/aromatic N) is 5. The molecule has 0 radical (unpaired) electrons. The number of ether oxygens (including phenoxy) is 4. The average Bonchev–Trinajstić information content (AvgIpc) is 0.811. The van der Waals surface area contributed by atoms with Crippen LogP contribution in [0.3, 0.4) is 0 Å². The number of piperidine rings is 1. The number of nitrogens with one attached hydrogen (secondary N) is 3. The second kappa shape index (κ2) is 46.9. The Morgan fingerprint density at radius 1 is 0.562 bits per heavy atom. The summed E-state index contributed by atoms with van der Waals surface area (Å²) in [6, 6.07) is 41.3. The van der Waals surface area contributed by atoms with Gasteiger partial charge in [-0.25, -0.2) is 0 Å². The van der Waals surface area contributed by atoms with Gasteiger partial charge < -0.3 is 54.5 Å². The molecule has 3 amide bonds. The highest BCUT2D eigenvalue weighted by molar-refractivity contribution is 6.07. The van der Waals surface area contributed by atoms with Gasteiger partial charge in [-0.05, 0) is 137 Å². The molecule has 21 heteroatoms. The number of alkyl halides is 3. The van der Waals surface area contributed by atoms with Crippen LogP contribution in [0.5, 0.6) is 0 Å². The van der Waals surface area contributed by atoms with E-state index >= 15 is 0 Å². The van der Waals surface area contributed by atoms with Gasteiger partial charge in [-0.15, -0.1) is 0 Å². The third kappa shape index (κ3) is 33.0. The Morgan fingerprint density at radius 3 is 1.70 bits per heavy atom. The van der Waals surface area contributed by atoms with Gasteiger partial charge in [0.1, 0.15) is 11.6 Å². The molecule has 18 nitrogen and oxygen atoms in total. The summed E-state index contributed by atoms with van der Waals surface area (Å²) in [7, 11) is 14.0. The van der Waals surface area contributed by atoms with Gasteiger partial charge >= 0.3 is 12.1 Å². The van der Waals surface area contributed by atoms with Gasteiger partial charge in [0.15, 0.2) is 0 Å². The predicted molar refractivity (Wildman–Crippen MR) is 375 cm³/mol. The van der Waals surface area contributed by atoms with Crippen LogP contribution in [0.4, 0.5) is 24.5 Å². The fourth-order valence-electron chi connectivity index (χ4n) is 9.98. The Morgan fingerprint density at radius 2 is 1.11 bits per heavy atom. The number of carbonyl (C=O) groups is 6. The van der Waals surface area contributed by atoms with Crippen LogP contribution >= 0.6 is 0 Å². The largest absolute Gasteiger partial charge is 0.469 e. The van der Waals surface area contributed by atoms with Crippen molar-refractivity contribution in [1.29, 1.82) is 0 Å². The monoisotopic (exact) mass is 1330 g/mol. The van der Waals surface area contributed by atoms with E-state index in [9.17, 15) is 41.9 Å². The van der Waals surface area contributed by atoms with Crippen molar-refractivity contribution in [3.63, 3.8) is 0 Å². The molecule has 1 aliphatic rings. The quantitative estimate of drug-likeness (QED) is 0.0254. The molecule has 2 heterocycles. The van der Waals surface area contributed by atoms with Crippen molar-refractivity contribution in [2.45, 2.75) is 117 Å². The minimum Gasteiger partial charge on any atom is -0.469 e. The number of esters is 1. The van der Waals surface area contributed by atoms with Crippen LogP contribution < -0.4 is 20.9 Å². The maximum atomic E-state index is 13.6. The van der Waals surface area contributed by atoms with E-state index in [-0.39, 0.29) is 37.3 Å². The van der Waals surface area contributed by atoms with Gasteiger partial charge in [0.05, 0.1) is 30.5 Å². The topological polar surface area (TPSA) is 201 Å². The highest BCUT2D eigenvalue weighted by Crippen LogP contribution is 2.34. The number of anilines is 2. The number of ketones is 2. The highest BCUT2D eigenvalue weighted by Gasteiger charge is 2.30. The summed E-state index contributed by atoms with van der Waals surface area (Å²) in [4.78, 5) is 85.6. The van der Waals surface area contributed by atoms with Gasteiger partial charge in [-0.3, -0.25) is 33.8 Å². The standard InChI is InChI=1S/C39H42F3N5O4.C15H23NO2.C12H17NO2.C8H17NO2.CH4/c1-46(36(48)13-8-20-51-2)26-28-10-6-11-29(21-28)38(50)45-34-15-14-32(47-18-4-3-5-19-47)24-33(34)35-23-30(16-17-43-35)37(49)44-25-27-9-7-12-31(22-27)39(40,41)42;1-16(13-14-7-4-3-5-8-14)11-10-15(17)9-6-12-18-2;1-13(9-8-12(14)15-2)10-11-6-4-3-5-7-11;1-9-6-5-8(10)4-3-7-11-2;/h6-7,9-12,14-17,21-24H,3-5,8,13,18-20,25-26H2,1-2H3,(H,44,49)(H,45,50);3-5,7-8H,6,9-13H2,1-2H3;3-7H,8-10H2,1-2H3;9H,3-7H2,1-2H3;1H4. The summed E-state index contributed by atoms with van der Waals surface area (Å²) < 4.78 is 58.9. The zero-order chi connectivity index (χ0) is 69.2. The third-order valence-electron chi connectivity index (χ3n) is 15.3. The van der Waals surface area contributed by atoms with Gasteiger partial charge in [0.25, 0.3) is 11.8 Å². The molecular formula is C75H103F3N8O10. The number of aromatic nitrogens is 1. The van der Waals surface area contributed by atoms with Crippen molar-refractivity contribution in [2.24, 2.45) is 0 Å². The number of Topliss-reactive ketones (excluding diaryl/α,β-unsaturated/α-hetero) is 2. The minimum atomic E-state index is -4.49. The zero-order valence-electron chi connectivity index (χ0n) is 56.8. The summed E-state index contributed by atoms with van der Waals surface area (Å²) in [5.74, 6) is -0.363. The number of amides is 3. The Labute approximate surface area is 567 Å². The molecule has 0 saturated carbocycles. The molecule has 1 aliphatic heterocycles. The van der Waals surface area contributed by atoms with Gasteiger partial charge in [-0.1, -0.05) is 92.4 Å². The lowest BCUT2D eigenvalue weighted by Gasteiger charge is -2.29. The van der Waals surface area contributed by atoms with Crippen molar-refractivity contribution in [3.05, 3.63) is 185 Å². The van der Waals surface area contributed by atoms with Gasteiger partial charge in [0.2, 0.25) is 5.91 Å². The Kier molecular flexibility index (Phi) is 40.0. The summed E-state index contributed by atoms with van der Waals surface area (Å²) >= 11 is 0. The van der Waals surface area contributed by atoms with Crippen LogP contribution in [-0.2, 0) is 70.5 Å². The maximum absolute atomic E-state index is 13.6. The molecule has 6 aromatic rings. The van der Waals surface area contributed by atoms with Crippen LogP contribution in [0, 0.1) is 0 Å². The first-order chi connectivity index (χ1) is 45.8. The van der Waals surface area contributed by atoms with Crippen molar-refractivity contribution in [2.75, 3.05) is 119 Å². The first-order valence-corrected chi connectivity index (χ1v) is 32.4. The Balaban J connectivity index is 0.000000430. The Hall–Kier alpha value is -8.18. The lowest BCUT2D eigenvalue weighted by atomic mass is 10.0. The van der Waals surface area contributed by atoms with Crippen LogP contribution in [0.1, 0.15) is 133 Å². The predicted octanol–water partition coefficient (Wildman–Crippen LogP) is 12.7. The molecular weight excluding hydrogens is 1230 g/mol. The van der Waals surface area contributed by atoms with Crippen molar-refractivity contribution in [1.82, 2.24) is 30.3 Å². The fourth-order valence-corrected chi connectivity index (χ4v) is 9.98. The molecule has 0 unspecified atom stereocenters. The lowest BCUT2D eigenvalue weighted by molar-refractivity contribution is -0.141. The first-order valence-electron chi connectivity index (χ1n) is 32.4. The average molecular weight is 1330 g/mol. The van der Waals surface area contributed by atoms with Crippen LogP contribution in [0.2, 0.25) is 0 Å². The van der Waals surface area contributed by atoms with Gasteiger partial charge in [-0.2, -0.15) is 13.2 Å². The summed E-state index contributed by atoms with van der Waals surface area (Å²) in [5.41, 5.74) is 6.05. The second-order valence-electron chi connectivity index (χ2n) is 23.2. The van der Waals surface area contributed by atoms with E-state index in [1.807, 2.05) is 74.8 Å². The molecule has 5 aromatic carbocycles. The van der Waals surface area contributed by atoms with Crippen LogP contribution in [0.15, 0.2) is 146 Å². The molecule has 0 atom stereocenters.